The number of nitrogens with one attached hydrogen (secondary N) is 6. The highest BCUT2D eigenvalue weighted by atomic mass is 16.4. The van der Waals surface area contributed by atoms with Crippen LogP contribution in [0.25, 0.3) is 0 Å². The van der Waals surface area contributed by atoms with Crippen molar-refractivity contribution in [3.05, 3.63) is 0 Å². The van der Waals surface area contributed by atoms with E-state index in [2.05, 4.69) is 31.9 Å². The van der Waals surface area contributed by atoms with E-state index in [1.165, 1.54) is 13.8 Å². The maximum Gasteiger partial charge on any atom is 0.326 e. The van der Waals surface area contributed by atoms with Crippen molar-refractivity contribution in [3.8, 4) is 0 Å². The predicted octanol–water partition coefficient (Wildman–Crippen LogP) is -5.50. The van der Waals surface area contributed by atoms with Crippen molar-refractivity contribution < 1.29 is 68.7 Å². The minimum atomic E-state index is -1.88. The summed E-state index contributed by atoms with van der Waals surface area (Å²) in [6, 6.07) is -11.1. The number of carbonyl (C=O) groups excluding carboxylic acids is 7. The van der Waals surface area contributed by atoms with Crippen LogP contribution in [-0.4, -0.2) is 140 Å². The lowest BCUT2D eigenvalue weighted by Crippen LogP contribution is -2.62. The summed E-state index contributed by atoms with van der Waals surface area (Å²) >= 11 is 0. The molecule has 0 radical (unpaired) electrons. The molecule has 0 aliphatic rings. The predicted molar refractivity (Wildman–Crippen MR) is 183 cm³/mol. The Morgan fingerprint density at radius 3 is 1.38 bits per heavy atom. The van der Waals surface area contributed by atoms with Crippen LogP contribution in [0.3, 0.4) is 0 Å². The molecule has 0 aromatic rings. The summed E-state index contributed by atoms with van der Waals surface area (Å²) in [7, 11) is 0. The van der Waals surface area contributed by atoms with E-state index in [0.29, 0.717) is 0 Å². The van der Waals surface area contributed by atoms with Crippen LogP contribution in [0.2, 0.25) is 0 Å². The third-order valence-corrected chi connectivity index (χ3v) is 7.58. The molecular weight excluding hydrogens is 708 g/mol. The molecule has 22 heteroatoms. The number of amides is 7. The summed E-state index contributed by atoms with van der Waals surface area (Å²) in [4.78, 5) is 112. The smallest absolute Gasteiger partial charge is 0.326 e. The lowest BCUT2D eigenvalue weighted by atomic mass is 10.0. The minimum Gasteiger partial charge on any atom is -0.481 e. The van der Waals surface area contributed by atoms with Crippen LogP contribution in [0.15, 0.2) is 0 Å². The molecule has 302 valence electrons. The zero-order valence-electron chi connectivity index (χ0n) is 30.3. The Balaban J connectivity index is 6.04. The van der Waals surface area contributed by atoms with Gasteiger partial charge >= 0.3 is 11.9 Å². The van der Waals surface area contributed by atoms with E-state index in [4.69, 9.17) is 11.5 Å². The van der Waals surface area contributed by atoms with Crippen molar-refractivity contribution in [2.75, 3.05) is 13.2 Å². The van der Waals surface area contributed by atoms with Crippen LogP contribution >= 0.6 is 0 Å². The molecule has 0 saturated carbocycles. The van der Waals surface area contributed by atoms with Crippen molar-refractivity contribution in [1.82, 2.24) is 31.9 Å². The van der Waals surface area contributed by atoms with Gasteiger partial charge in [-0.3, -0.25) is 38.4 Å². The Labute approximate surface area is 305 Å². The third kappa shape index (κ3) is 17.9. The molecule has 7 amide bonds. The molecule has 0 aromatic heterocycles. The number of aliphatic hydroxyl groups excluding tert-OH is 3. The highest BCUT2D eigenvalue weighted by molar-refractivity contribution is 5.97. The first-order valence-corrected chi connectivity index (χ1v) is 16.8. The third-order valence-electron chi connectivity index (χ3n) is 7.58. The summed E-state index contributed by atoms with van der Waals surface area (Å²) in [6.45, 7) is 5.57. The summed E-state index contributed by atoms with van der Waals surface area (Å²) < 4.78 is 0. The Hall–Kier alpha value is -4.93. The van der Waals surface area contributed by atoms with Crippen molar-refractivity contribution in [2.45, 2.75) is 115 Å². The van der Waals surface area contributed by atoms with Gasteiger partial charge in [0, 0.05) is 12.8 Å². The van der Waals surface area contributed by atoms with Gasteiger partial charge < -0.3 is 68.9 Å². The average Bonchev–Trinajstić information content (AvgIpc) is 3.05. The second kappa shape index (κ2) is 23.6. The Bertz CT molecular complexity index is 1310. The SMILES string of the molecule is CC(C)C[C@H](N)C(=O)N[C@@H](CCC(N)=O)C(=O)N[C@@H](CO)C(=O)N[C@@H](CCC(=O)O)C(=O)N[C@H](C(=O)N[C@@H](CO)C(=O)N[C@H](C(=O)O)C(C)C)[C@@H](C)O. The monoisotopic (exact) mass is 762 g/mol. The first-order chi connectivity index (χ1) is 24.5. The molecule has 0 spiro atoms. The molecule has 0 aromatic carbocycles. The molecule has 53 heavy (non-hydrogen) atoms. The second-order valence-corrected chi connectivity index (χ2v) is 13.1. The highest BCUT2D eigenvalue weighted by Crippen LogP contribution is 2.07. The molecule has 8 atom stereocenters. The van der Waals surface area contributed by atoms with Crippen molar-refractivity contribution in [1.29, 1.82) is 0 Å². The van der Waals surface area contributed by atoms with Gasteiger partial charge in [0.05, 0.1) is 25.4 Å². The number of hydrogen-bond donors (Lipinski definition) is 13. The van der Waals surface area contributed by atoms with Crippen molar-refractivity contribution in [3.63, 3.8) is 0 Å². The van der Waals surface area contributed by atoms with Gasteiger partial charge in [0.2, 0.25) is 41.4 Å². The normalized spacial score (nSPS) is 15.7. The fourth-order valence-electron chi connectivity index (χ4n) is 4.61. The second-order valence-electron chi connectivity index (χ2n) is 13.1. The minimum absolute atomic E-state index is 0.0136. The van der Waals surface area contributed by atoms with Gasteiger partial charge in [-0.2, -0.15) is 0 Å². The van der Waals surface area contributed by atoms with E-state index in [0.717, 1.165) is 6.92 Å². The number of primary amides is 1. The molecule has 0 aliphatic carbocycles. The first-order valence-electron chi connectivity index (χ1n) is 16.8. The lowest BCUT2D eigenvalue weighted by molar-refractivity contribution is -0.144. The van der Waals surface area contributed by atoms with Gasteiger partial charge in [-0.05, 0) is 38.0 Å². The van der Waals surface area contributed by atoms with Crippen LogP contribution in [0.4, 0.5) is 0 Å². The number of carboxylic acid groups (broad SMARTS) is 2. The molecule has 0 fully saturated rings. The van der Waals surface area contributed by atoms with Crippen LogP contribution < -0.4 is 43.4 Å². The van der Waals surface area contributed by atoms with Crippen LogP contribution in [0.5, 0.6) is 0 Å². The van der Waals surface area contributed by atoms with Crippen LogP contribution in [0.1, 0.15) is 66.7 Å². The van der Waals surface area contributed by atoms with E-state index in [1.54, 1.807) is 13.8 Å². The Morgan fingerprint density at radius 2 is 0.962 bits per heavy atom. The highest BCUT2D eigenvalue weighted by Gasteiger charge is 2.35. The topological polar surface area (TPSA) is 379 Å². The van der Waals surface area contributed by atoms with E-state index in [9.17, 15) is 68.7 Å². The number of carbonyl (C=O) groups is 9. The maximum absolute atomic E-state index is 13.3. The van der Waals surface area contributed by atoms with Gasteiger partial charge in [0.1, 0.15) is 36.3 Å². The molecular formula is C31H54N8O14. The van der Waals surface area contributed by atoms with Gasteiger partial charge in [-0.25, -0.2) is 4.79 Å². The zero-order chi connectivity index (χ0) is 41.2. The zero-order valence-corrected chi connectivity index (χ0v) is 30.3. The van der Waals surface area contributed by atoms with E-state index in [-0.39, 0.29) is 25.2 Å². The molecule has 0 aliphatic heterocycles. The molecule has 0 saturated heterocycles. The van der Waals surface area contributed by atoms with E-state index in [1.807, 2.05) is 0 Å². The number of hydrogen-bond acceptors (Lipinski definition) is 13. The number of nitrogens with two attached hydrogens (primary N) is 2. The molecule has 0 rings (SSSR count). The Kier molecular flexibility index (Phi) is 21.4. The largest absolute Gasteiger partial charge is 0.481 e. The quantitative estimate of drug-likeness (QED) is 0.0413. The lowest BCUT2D eigenvalue weighted by Gasteiger charge is -2.28. The Morgan fingerprint density at radius 1 is 0.566 bits per heavy atom. The summed E-state index contributed by atoms with van der Waals surface area (Å²) in [5.74, 6) is -10.8. The molecule has 15 N–H and O–H groups in total. The van der Waals surface area contributed by atoms with Gasteiger partial charge in [-0.15, -0.1) is 0 Å². The molecule has 0 bridgehead atoms. The van der Waals surface area contributed by atoms with Crippen molar-refractivity contribution in [2.24, 2.45) is 23.3 Å². The number of carboxylic acids is 2. The van der Waals surface area contributed by atoms with Gasteiger partial charge in [0.25, 0.3) is 0 Å². The summed E-state index contributed by atoms with van der Waals surface area (Å²) in [5.41, 5.74) is 11.1. The standard InChI is InChI=1S/C31H54N8O14/c1-13(2)10-16(32)25(46)34-17(6-8-21(33)43)26(47)36-19(11-40)28(49)35-18(7-9-22(44)45)27(48)39-24(15(5)42)30(51)37-20(12-41)29(50)38-23(14(3)4)31(52)53/h13-20,23-24,40-42H,6-12,32H2,1-5H3,(H2,33,43)(H,34,46)(H,35,49)(H,36,47)(H,37,51)(H,38,50)(H,39,48)(H,44,45)(H,52,53)/t15-,16+,17+,18+,19+,20+,23+,24+/m1/s1. The molecule has 0 unspecified atom stereocenters. The fourth-order valence-corrected chi connectivity index (χ4v) is 4.61. The maximum atomic E-state index is 13.3. The number of rotatable bonds is 25. The van der Waals surface area contributed by atoms with Crippen LogP contribution in [-0.2, 0) is 43.2 Å². The van der Waals surface area contributed by atoms with E-state index < -0.39 is 134 Å². The van der Waals surface area contributed by atoms with Crippen LogP contribution in [0, 0.1) is 11.8 Å². The van der Waals surface area contributed by atoms with Gasteiger partial charge in [0.15, 0.2) is 0 Å². The first kappa shape index (κ1) is 48.1. The summed E-state index contributed by atoms with van der Waals surface area (Å²) in [5, 5.41) is 61.5. The van der Waals surface area contributed by atoms with Gasteiger partial charge in [-0.1, -0.05) is 27.7 Å². The summed E-state index contributed by atoms with van der Waals surface area (Å²) in [6.07, 6.45) is -3.45. The van der Waals surface area contributed by atoms with E-state index >= 15 is 0 Å². The number of aliphatic hydroxyl groups is 3. The fraction of sp³-hybridized carbons (Fsp3) is 0.710. The molecule has 0 heterocycles. The molecule has 22 nitrogen and oxygen atoms in total. The number of aliphatic carboxylic acids is 2. The van der Waals surface area contributed by atoms with Crippen molar-refractivity contribution >= 4 is 53.3 Å². The average molecular weight is 763 g/mol.